The maximum absolute atomic E-state index is 11.3. The molecule has 1 N–H and O–H groups in total. The summed E-state index contributed by atoms with van der Waals surface area (Å²) in [6, 6.07) is 4.27. The second-order valence-electron chi connectivity index (χ2n) is 3.05. The van der Waals surface area contributed by atoms with Crippen molar-refractivity contribution in [2.75, 3.05) is 19.2 Å². The number of aliphatic hydroxyl groups excluding tert-OH is 1. The van der Waals surface area contributed by atoms with Gasteiger partial charge in [-0.2, -0.15) is 0 Å². The molecule has 1 aliphatic rings. The summed E-state index contributed by atoms with van der Waals surface area (Å²) in [7, 11) is -3.61. The molecule has 0 aromatic heterocycles. The molecule has 5 nitrogen and oxygen atoms in total. The number of aliphatic hydroxyl groups is 1. The van der Waals surface area contributed by atoms with Crippen LogP contribution in [0.3, 0.4) is 0 Å². The summed E-state index contributed by atoms with van der Waals surface area (Å²) >= 11 is 0. The fourth-order valence-corrected chi connectivity index (χ4v) is 2.00. The van der Waals surface area contributed by atoms with Gasteiger partial charge in [-0.05, 0) is 12.1 Å². The van der Waals surface area contributed by atoms with Crippen LogP contribution in [0.4, 0.5) is 0 Å². The summed E-state index contributed by atoms with van der Waals surface area (Å²) in [4.78, 5) is 0.0363. The number of rotatable bonds is 2. The Morgan fingerprint density at radius 2 is 1.87 bits per heavy atom. The molecule has 0 saturated carbocycles. The molecule has 0 saturated heterocycles. The van der Waals surface area contributed by atoms with E-state index in [9.17, 15) is 8.42 Å². The fourth-order valence-electron chi connectivity index (χ4n) is 1.29. The quantitative estimate of drug-likeness (QED) is 0.784. The van der Waals surface area contributed by atoms with Crippen molar-refractivity contribution >= 4 is 9.84 Å². The Labute approximate surface area is 87.2 Å². The van der Waals surface area contributed by atoms with Gasteiger partial charge in [-0.1, -0.05) is 0 Å². The molecule has 82 valence electrons. The molecular weight excluding hydrogens is 220 g/mol. The van der Waals surface area contributed by atoms with Crippen LogP contribution in [0, 0.1) is 0 Å². The Bertz CT molecular complexity index is 465. The number of benzene rings is 1. The minimum atomic E-state index is -3.61. The SMILES string of the molecule is O=S(=O)(CO)c1ccc2c(c1)OCCO2. The predicted octanol–water partition coefficient (Wildman–Crippen LogP) is 0.181. The first-order valence-electron chi connectivity index (χ1n) is 4.37. The third-order valence-electron chi connectivity index (χ3n) is 2.04. The van der Waals surface area contributed by atoms with Crippen molar-refractivity contribution in [2.45, 2.75) is 4.90 Å². The first kappa shape index (κ1) is 10.3. The first-order chi connectivity index (χ1) is 7.13. The van der Waals surface area contributed by atoms with Crippen molar-refractivity contribution in [2.24, 2.45) is 0 Å². The van der Waals surface area contributed by atoms with Crippen LogP contribution in [-0.4, -0.2) is 32.7 Å². The van der Waals surface area contributed by atoms with Crippen molar-refractivity contribution in [3.05, 3.63) is 18.2 Å². The first-order valence-corrected chi connectivity index (χ1v) is 6.02. The predicted molar refractivity (Wildman–Crippen MR) is 51.7 cm³/mol. The molecule has 1 aromatic carbocycles. The molecule has 6 heteroatoms. The van der Waals surface area contributed by atoms with Crippen molar-refractivity contribution in [1.82, 2.24) is 0 Å². The van der Waals surface area contributed by atoms with Gasteiger partial charge in [0.05, 0.1) is 4.90 Å². The molecule has 2 rings (SSSR count). The van der Waals surface area contributed by atoms with E-state index in [0.29, 0.717) is 24.7 Å². The van der Waals surface area contributed by atoms with E-state index in [1.54, 1.807) is 0 Å². The molecule has 1 heterocycles. The van der Waals surface area contributed by atoms with Crippen LogP contribution in [0.2, 0.25) is 0 Å². The number of ether oxygens (including phenoxy) is 2. The van der Waals surface area contributed by atoms with Gasteiger partial charge in [-0.15, -0.1) is 0 Å². The van der Waals surface area contributed by atoms with Gasteiger partial charge in [0, 0.05) is 6.07 Å². The van der Waals surface area contributed by atoms with E-state index in [2.05, 4.69) is 0 Å². The molecule has 0 spiro atoms. The Kier molecular flexibility index (Phi) is 2.54. The highest BCUT2D eigenvalue weighted by molar-refractivity contribution is 7.91. The highest BCUT2D eigenvalue weighted by atomic mass is 32.2. The monoisotopic (exact) mass is 230 g/mol. The minimum absolute atomic E-state index is 0.0363. The molecule has 1 aromatic rings. The second-order valence-corrected chi connectivity index (χ2v) is 5.01. The van der Waals surface area contributed by atoms with E-state index in [1.807, 2.05) is 0 Å². The number of sulfone groups is 1. The molecule has 0 atom stereocenters. The lowest BCUT2D eigenvalue weighted by Crippen LogP contribution is -2.16. The summed E-state index contributed by atoms with van der Waals surface area (Å²) in [6.45, 7) is 0.856. The van der Waals surface area contributed by atoms with E-state index in [0.717, 1.165) is 0 Å². The van der Waals surface area contributed by atoms with Crippen LogP contribution >= 0.6 is 0 Å². The van der Waals surface area contributed by atoms with Gasteiger partial charge in [0.15, 0.2) is 11.5 Å². The molecule has 0 amide bonds. The van der Waals surface area contributed by atoms with Crippen LogP contribution in [0.15, 0.2) is 23.1 Å². The van der Waals surface area contributed by atoms with Gasteiger partial charge in [-0.25, -0.2) is 8.42 Å². The molecule has 0 aliphatic carbocycles. The van der Waals surface area contributed by atoms with Gasteiger partial charge < -0.3 is 14.6 Å². The lowest BCUT2D eigenvalue weighted by atomic mass is 10.3. The topological polar surface area (TPSA) is 72.8 Å². The molecule has 0 fully saturated rings. The Morgan fingerprint density at radius 1 is 1.20 bits per heavy atom. The molecule has 1 aliphatic heterocycles. The van der Waals surface area contributed by atoms with Gasteiger partial charge >= 0.3 is 0 Å². The highest BCUT2D eigenvalue weighted by Gasteiger charge is 2.18. The lowest BCUT2D eigenvalue weighted by molar-refractivity contribution is 0.171. The van der Waals surface area contributed by atoms with Crippen molar-refractivity contribution in [1.29, 1.82) is 0 Å². The second kappa shape index (κ2) is 3.71. The molecule has 15 heavy (non-hydrogen) atoms. The fraction of sp³-hybridized carbons (Fsp3) is 0.333. The Hall–Kier alpha value is -1.27. The van der Waals surface area contributed by atoms with Gasteiger partial charge in [0.25, 0.3) is 0 Å². The van der Waals surface area contributed by atoms with Gasteiger partial charge in [0.1, 0.15) is 19.2 Å². The summed E-state index contributed by atoms with van der Waals surface area (Å²) in [5, 5.41) is 8.69. The third-order valence-corrected chi connectivity index (χ3v) is 3.35. The van der Waals surface area contributed by atoms with Gasteiger partial charge in [-0.3, -0.25) is 0 Å². The summed E-state index contributed by atoms with van der Waals surface area (Å²) < 4.78 is 33.2. The van der Waals surface area contributed by atoms with E-state index in [4.69, 9.17) is 14.6 Å². The van der Waals surface area contributed by atoms with Gasteiger partial charge in [0.2, 0.25) is 9.84 Å². The Morgan fingerprint density at radius 3 is 2.53 bits per heavy atom. The Balaban J connectivity index is 2.45. The highest BCUT2D eigenvalue weighted by Crippen LogP contribution is 2.32. The summed E-state index contributed by atoms with van der Waals surface area (Å²) in [5.41, 5.74) is 0. The van der Waals surface area contributed by atoms with Crippen LogP contribution < -0.4 is 9.47 Å². The normalized spacial score (nSPS) is 15.0. The average molecular weight is 230 g/mol. The maximum Gasteiger partial charge on any atom is 0.202 e. The maximum atomic E-state index is 11.3. The van der Waals surface area contributed by atoms with Crippen molar-refractivity contribution < 1.29 is 23.0 Å². The van der Waals surface area contributed by atoms with Crippen molar-refractivity contribution in [3.63, 3.8) is 0 Å². The lowest BCUT2D eigenvalue weighted by Gasteiger charge is -2.18. The van der Waals surface area contributed by atoms with E-state index in [1.165, 1.54) is 18.2 Å². The minimum Gasteiger partial charge on any atom is -0.486 e. The molecule has 0 unspecified atom stereocenters. The zero-order chi connectivity index (χ0) is 10.9. The summed E-state index contributed by atoms with van der Waals surface area (Å²) in [6.07, 6.45) is 0. The van der Waals surface area contributed by atoms with Crippen LogP contribution in [-0.2, 0) is 9.84 Å². The molecule has 0 radical (unpaired) electrons. The number of fused-ring (bicyclic) bond motifs is 1. The largest absolute Gasteiger partial charge is 0.486 e. The zero-order valence-corrected chi connectivity index (χ0v) is 8.66. The molecular formula is C9H10O5S. The van der Waals surface area contributed by atoms with Crippen molar-refractivity contribution in [3.8, 4) is 11.5 Å². The third kappa shape index (κ3) is 1.91. The zero-order valence-electron chi connectivity index (χ0n) is 7.84. The van der Waals surface area contributed by atoms with E-state index < -0.39 is 15.8 Å². The standard InChI is InChI=1S/C9H10O5S/c10-6-15(11,12)7-1-2-8-9(5-7)14-4-3-13-8/h1-2,5,10H,3-4,6H2. The number of hydrogen-bond acceptors (Lipinski definition) is 5. The van der Waals surface area contributed by atoms with E-state index >= 15 is 0 Å². The smallest absolute Gasteiger partial charge is 0.202 e. The number of hydrogen-bond donors (Lipinski definition) is 1. The van der Waals surface area contributed by atoms with Crippen LogP contribution in [0.5, 0.6) is 11.5 Å². The molecule has 0 bridgehead atoms. The summed E-state index contributed by atoms with van der Waals surface area (Å²) in [5.74, 6) is 0.0148. The van der Waals surface area contributed by atoms with Crippen LogP contribution in [0.25, 0.3) is 0 Å². The van der Waals surface area contributed by atoms with E-state index in [-0.39, 0.29) is 4.90 Å². The van der Waals surface area contributed by atoms with Crippen LogP contribution in [0.1, 0.15) is 0 Å². The average Bonchev–Trinajstić information content (AvgIpc) is 2.28.